The Morgan fingerprint density at radius 2 is 1.40 bits per heavy atom. The number of nitrogens with one attached hydrogen (secondary N) is 1. The van der Waals surface area contributed by atoms with E-state index in [-0.39, 0.29) is 11.4 Å². The summed E-state index contributed by atoms with van der Waals surface area (Å²) in [6.07, 6.45) is 0.946. The Labute approximate surface area is 180 Å². The summed E-state index contributed by atoms with van der Waals surface area (Å²) < 4.78 is 0. The van der Waals surface area contributed by atoms with Crippen molar-refractivity contribution in [3.05, 3.63) is 48.5 Å². The Balaban J connectivity index is 1.52. The van der Waals surface area contributed by atoms with Gasteiger partial charge in [-0.2, -0.15) is 0 Å². The Morgan fingerprint density at radius 1 is 0.933 bits per heavy atom. The maximum absolute atomic E-state index is 12.4. The van der Waals surface area contributed by atoms with Crippen LogP contribution >= 0.6 is 0 Å². The summed E-state index contributed by atoms with van der Waals surface area (Å²) in [6.45, 7) is 10.9. The van der Waals surface area contributed by atoms with E-state index >= 15 is 0 Å². The van der Waals surface area contributed by atoms with Crippen LogP contribution in [-0.4, -0.2) is 50.9 Å². The summed E-state index contributed by atoms with van der Waals surface area (Å²) in [5, 5.41) is 12.5. The number of rotatable bonds is 5. The molecule has 0 spiro atoms. The number of benzene rings is 2. The number of phenolic OH excluding ortho intramolecular Hbond substituents is 1. The Bertz CT molecular complexity index is 820. The number of nitrogens with zero attached hydrogens (tertiary/aromatic N) is 3. The molecule has 6 nitrogen and oxygen atoms in total. The van der Waals surface area contributed by atoms with Crippen molar-refractivity contribution in [2.75, 3.05) is 54.5 Å². The molecule has 0 atom stereocenters. The zero-order chi connectivity index (χ0) is 21.7. The van der Waals surface area contributed by atoms with E-state index < -0.39 is 0 Å². The largest absolute Gasteiger partial charge is 0.508 e. The third-order valence-corrected chi connectivity index (χ3v) is 5.55. The molecule has 3 rings (SSSR count). The fourth-order valence-electron chi connectivity index (χ4n) is 3.55. The van der Waals surface area contributed by atoms with Crippen LogP contribution in [0.15, 0.2) is 48.5 Å². The molecular weight excluding hydrogens is 376 g/mol. The molecule has 0 aliphatic carbocycles. The van der Waals surface area contributed by atoms with Gasteiger partial charge in [-0.1, -0.05) is 20.8 Å². The number of carbonyl (C=O) groups excluding carboxylic acids is 1. The number of anilines is 3. The lowest BCUT2D eigenvalue weighted by Crippen LogP contribution is -2.46. The van der Waals surface area contributed by atoms with E-state index in [0.717, 1.165) is 44.0 Å². The van der Waals surface area contributed by atoms with Gasteiger partial charge in [0.2, 0.25) is 0 Å². The molecule has 0 saturated carbocycles. The first-order valence-corrected chi connectivity index (χ1v) is 10.6. The Morgan fingerprint density at radius 3 is 1.87 bits per heavy atom. The van der Waals surface area contributed by atoms with Gasteiger partial charge in [0.1, 0.15) is 5.75 Å². The quantitative estimate of drug-likeness (QED) is 0.772. The van der Waals surface area contributed by atoms with Crippen molar-refractivity contribution < 1.29 is 9.90 Å². The van der Waals surface area contributed by atoms with Crippen molar-refractivity contribution in [1.82, 2.24) is 5.32 Å². The van der Waals surface area contributed by atoms with Gasteiger partial charge in [0.05, 0.1) is 0 Å². The molecule has 2 N–H and O–H groups in total. The molecular formula is C24H34N4O2. The second kappa shape index (κ2) is 9.28. The lowest BCUT2D eigenvalue weighted by atomic mass is 9.92. The number of phenols is 1. The van der Waals surface area contributed by atoms with Crippen LogP contribution in [0.4, 0.5) is 21.9 Å². The molecule has 1 fully saturated rings. The third kappa shape index (κ3) is 5.81. The number of urea groups is 1. The molecule has 6 heteroatoms. The topological polar surface area (TPSA) is 59.1 Å². The molecule has 1 aliphatic heterocycles. The van der Waals surface area contributed by atoms with Gasteiger partial charge in [-0.05, 0) is 60.4 Å². The van der Waals surface area contributed by atoms with E-state index in [0.29, 0.717) is 12.3 Å². The van der Waals surface area contributed by atoms with E-state index in [4.69, 9.17) is 0 Å². The molecule has 2 aromatic rings. The molecule has 0 bridgehead atoms. The van der Waals surface area contributed by atoms with Crippen LogP contribution in [0, 0.1) is 5.41 Å². The third-order valence-electron chi connectivity index (χ3n) is 5.55. The van der Waals surface area contributed by atoms with Crippen molar-refractivity contribution in [3.63, 3.8) is 0 Å². The maximum Gasteiger partial charge on any atom is 0.321 e. The van der Waals surface area contributed by atoms with Crippen molar-refractivity contribution >= 4 is 23.1 Å². The molecule has 162 valence electrons. The van der Waals surface area contributed by atoms with Crippen LogP contribution in [0.1, 0.15) is 27.2 Å². The fourth-order valence-corrected chi connectivity index (χ4v) is 3.55. The zero-order valence-electron chi connectivity index (χ0n) is 18.6. The Hall–Kier alpha value is -2.89. The van der Waals surface area contributed by atoms with E-state index in [9.17, 15) is 9.90 Å². The highest BCUT2D eigenvalue weighted by Crippen LogP contribution is 2.24. The zero-order valence-corrected chi connectivity index (χ0v) is 18.6. The second-order valence-electron chi connectivity index (χ2n) is 9.11. The highest BCUT2D eigenvalue weighted by atomic mass is 16.3. The smallest absolute Gasteiger partial charge is 0.321 e. The van der Waals surface area contributed by atoms with E-state index in [2.05, 4.69) is 48.0 Å². The molecule has 0 aromatic heterocycles. The molecule has 2 amide bonds. The van der Waals surface area contributed by atoms with Crippen LogP contribution in [0.3, 0.4) is 0 Å². The van der Waals surface area contributed by atoms with Gasteiger partial charge in [0, 0.05) is 56.8 Å². The van der Waals surface area contributed by atoms with E-state index in [1.807, 2.05) is 24.3 Å². The number of amides is 2. The van der Waals surface area contributed by atoms with E-state index in [1.165, 1.54) is 5.69 Å². The minimum Gasteiger partial charge on any atom is -0.508 e. The van der Waals surface area contributed by atoms with Gasteiger partial charge in [0.15, 0.2) is 0 Å². The van der Waals surface area contributed by atoms with Gasteiger partial charge in [-0.15, -0.1) is 0 Å². The summed E-state index contributed by atoms with van der Waals surface area (Å²) >= 11 is 0. The van der Waals surface area contributed by atoms with Crippen LogP contribution in [0.5, 0.6) is 5.75 Å². The SMILES string of the molecule is CN(C(=O)NCCC(C)(C)C)c1ccc(N2CCN(c3ccc(O)cc3)CC2)cc1. The molecule has 30 heavy (non-hydrogen) atoms. The number of hydrogen-bond donors (Lipinski definition) is 2. The lowest BCUT2D eigenvalue weighted by Gasteiger charge is -2.37. The Kier molecular flexibility index (Phi) is 6.75. The highest BCUT2D eigenvalue weighted by molar-refractivity contribution is 5.91. The average molecular weight is 411 g/mol. The first-order valence-electron chi connectivity index (χ1n) is 10.6. The monoisotopic (exact) mass is 410 g/mol. The van der Waals surface area contributed by atoms with Gasteiger partial charge in [0.25, 0.3) is 0 Å². The summed E-state index contributed by atoms with van der Waals surface area (Å²) in [4.78, 5) is 18.8. The molecule has 1 heterocycles. The summed E-state index contributed by atoms with van der Waals surface area (Å²) in [7, 11) is 1.80. The van der Waals surface area contributed by atoms with Gasteiger partial charge < -0.3 is 20.2 Å². The molecule has 0 radical (unpaired) electrons. The predicted octanol–water partition coefficient (Wildman–Crippen LogP) is 4.30. The minimum atomic E-state index is -0.0745. The van der Waals surface area contributed by atoms with Crippen LogP contribution in [0.25, 0.3) is 0 Å². The summed E-state index contributed by atoms with van der Waals surface area (Å²) in [6, 6.07) is 15.5. The number of aromatic hydroxyl groups is 1. The summed E-state index contributed by atoms with van der Waals surface area (Å²) in [5.41, 5.74) is 3.40. The molecule has 2 aromatic carbocycles. The van der Waals surface area contributed by atoms with Crippen LogP contribution < -0.4 is 20.0 Å². The first kappa shape index (κ1) is 21.8. The molecule has 0 unspecified atom stereocenters. The summed E-state index contributed by atoms with van der Waals surface area (Å²) in [5.74, 6) is 0.297. The van der Waals surface area contributed by atoms with Crippen molar-refractivity contribution in [2.45, 2.75) is 27.2 Å². The van der Waals surface area contributed by atoms with Crippen molar-refractivity contribution in [1.29, 1.82) is 0 Å². The predicted molar refractivity (Wildman–Crippen MR) is 125 cm³/mol. The number of piperazine rings is 1. The fraction of sp³-hybridized carbons (Fsp3) is 0.458. The van der Waals surface area contributed by atoms with Crippen LogP contribution in [-0.2, 0) is 0 Å². The van der Waals surface area contributed by atoms with Gasteiger partial charge in [-0.25, -0.2) is 4.79 Å². The number of hydrogen-bond acceptors (Lipinski definition) is 4. The van der Waals surface area contributed by atoms with Gasteiger partial charge >= 0.3 is 6.03 Å². The van der Waals surface area contributed by atoms with Crippen molar-refractivity contribution in [2.24, 2.45) is 5.41 Å². The average Bonchev–Trinajstić information content (AvgIpc) is 2.73. The highest BCUT2D eigenvalue weighted by Gasteiger charge is 2.18. The molecule has 1 aliphatic rings. The minimum absolute atomic E-state index is 0.0745. The van der Waals surface area contributed by atoms with Gasteiger partial charge in [-0.3, -0.25) is 4.90 Å². The molecule has 1 saturated heterocycles. The lowest BCUT2D eigenvalue weighted by molar-refractivity contribution is 0.245. The maximum atomic E-state index is 12.4. The van der Waals surface area contributed by atoms with Crippen LogP contribution in [0.2, 0.25) is 0 Å². The second-order valence-corrected chi connectivity index (χ2v) is 9.11. The van der Waals surface area contributed by atoms with Crippen molar-refractivity contribution in [3.8, 4) is 5.75 Å². The number of carbonyl (C=O) groups is 1. The first-order chi connectivity index (χ1) is 14.2. The van der Waals surface area contributed by atoms with E-state index in [1.54, 1.807) is 24.1 Å². The normalized spacial score (nSPS) is 14.5. The standard InChI is InChI=1S/C24H34N4O2/c1-24(2,3)13-14-25-23(30)26(4)19-5-7-20(8-6-19)27-15-17-28(18-16-27)21-9-11-22(29)12-10-21/h5-12,29H,13-18H2,1-4H3,(H,25,30).